The van der Waals surface area contributed by atoms with E-state index >= 15 is 0 Å². The van der Waals surface area contributed by atoms with Crippen LogP contribution in [0.1, 0.15) is 6.42 Å². The number of carboxylic acid groups (broad SMARTS) is 1. The number of carbonyl (C=O) groups excluding carboxylic acids is 1. The second-order valence-electron chi connectivity index (χ2n) is 3.90. The first-order valence-electron chi connectivity index (χ1n) is 5.33. The molecule has 1 N–H and O–H groups in total. The molecule has 0 aliphatic carbocycles. The molecule has 0 saturated heterocycles. The summed E-state index contributed by atoms with van der Waals surface area (Å²) in [4.78, 5) is 21.5. The van der Waals surface area contributed by atoms with Gasteiger partial charge in [-0.05, 0) is 0 Å². The Morgan fingerprint density at radius 3 is 1.92 bits per heavy atom. The molecule has 1 atom stereocenters. The van der Waals surface area contributed by atoms with Crippen LogP contribution >= 0.6 is 0 Å². The smallest absolute Gasteiger partial charge is 0.468 e. The fourth-order valence-electron chi connectivity index (χ4n) is 1.02. The lowest BCUT2D eigenvalue weighted by molar-refractivity contribution is -0.354. The number of ether oxygens (including phenoxy) is 2. The Morgan fingerprint density at radius 2 is 1.62 bits per heavy atom. The van der Waals surface area contributed by atoms with E-state index < -0.39 is 58.1 Å². The zero-order valence-corrected chi connectivity index (χ0v) is 11.9. The zero-order chi connectivity index (χ0) is 19.6. The van der Waals surface area contributed by atoms with Crippen LogP contribution in [0.15, 0.2) is 12.4 Å². The van der Waals surface area contributed by atoms with Crippen LogP contribution in [0.4, 0.5) is 26.3 Å². The number of aliphatic carboxylic acids is 1. The monoisotopic (exact) mass is 389 g/mol. The van der Waals surface area contributed by atoms with Gasteiger partial charge in [-0.25, -0.2) is 18.0 Å². The summed E-state index contributed by atoms with van der Waals surface area (Å²) >= 11 is 0. The van der Waals surface area contributed by atoms with Gasteiger partial charge < -0.3 is 19.1 Å². The molecule has 0 fully saturated rings. The number of carbonyl (C=O) groups is 2. The van der Waals surface area contributed by atoms with Gasteiger partial charge in [0, 0.05) is 6.42 Å². The normalized spacial score (nSPS) is 15.5. The zero-order valence-electron chi connectivity index (χ0n) is 11.1. The number of halogens is 6. The number of hydrogen-bond acceptors (Lipinski definition) is 7. The fraction of sp³-hybridized carbons (Fsp3) is 0.556. The number of alkyl halides is 5. The van der Waals surface area contributed by atoms with Crippen molar-refractivity contribution in [3.05, 3.63) is 12.4 Å². The molecule has 0 aromatic rings. The van der Waals surface area contributed by atoms with Gasteiger partial charge >= 0.3 is 29.2 Å². The molecule has 0 amide bonds. The van der Waals surface area contributed by atoms with Gasteiger partial charge in [0.2, 0.25) is 5.83 Å². The quantitative estimate of drug-likeness (QED) is 0.213. The van der Waals surface area contributed by atoms with Gasteiger partial charge in [-0.1, -0.05) is 6.58 Å². The molecule has 0 aliphatic rings. The molecule has 0 aromatic carbocycles. The summed E-state index contributed by atoms with van der Waals surface area (Å²) in [5, 5.41) is 3.44. The van der Waals surface area contributed by atoms with Gasteiger partial charge in [0.1, 0.15) is 0 Å². The van der Waals surface area contributed by atoms with Crippen molar-refractivity contribution in [3.63, 3.8) is 0 Å². The summed E-state index contributed by atoms with van der Waals surface area (Å²) < 4.78 is 114. The molecule has 0 rings (SSSR count). The van der Waals surface area contributed by atoms with Crippen LogP contribution < -0.4 is 0 Å². The van der Waals surface area contributed by atoms with Crippen molar-refractivity contribution in [3.8, 4) is 0 Å². The maximum atomic E-state index is 12.8. The third kappa shape index (κ3) is 4.81. The average Bonchev–Trinajstić information content (AvgIpc) is 2.33. The highest BCUT2D eigenvalue weighted by molar-refractivity contribution is 7.86. The van der Waals surface area contributed by atoms with Gasteiger partial charge in [0.25, 0.3) is 0 Å². The summed E-state index contributed by atoms with van der Waals surface area (Å²) in [6.07, 6.45) is -8.28. The minimum atomic E-state index is -6.29. The topological polar surface area (TPSA) is 130 Å². The van der Waals surface area contributed by atoms with Crippen LogP contribution in [0.3, 0.4) is 0 Å². The van der Waals surface area contributed by atoms with E-state index in [0.29, 0.717) is 0 Å². The first kappa shape index (κ1) is 22.1. The molecule has 140 valence electrons. The molecule has 0 bridgehead atoms. The van der Waals surface area contributed by atoms with Crippen molar-refractivity contribution in [2.45, 2.75) is 23.6 Å². The molecular formula is C9H7F6O8S-. The molecule has 0 saturated carbocycles. The van der Waals surface area contributed by atoms with E-state index in [9.17, 15) is 48.9 Å². The van der Waals surface area contributed by atoms with Crippen molar-refractivity contribution < 1.29 is 63.5 Å². The Labute approximate surface area is 129 Å². The van der Waals surface area contributed by atoms with Crippen LogP contribution in [-0.4, -0.2) is 53.8 Å². The molecule has 15 heteroatoms. The Morgan fingerprint density at radius 1 is 1.17 bits per heavy atom. The Balaban J connectivity index is 5.55. The van der Waals surface area contributed by atoms with Crippen molar-refractivity contribution in [2.75, 3.05) is 6.61 Å². The summed E-state index contributed by atoms with van der Waals surface area (Å²) in [7, 11) is -6.29. The number of hydrogen-bond donors (Lipinski definition) is 1. The van der Waals surface area contributed by atoms with Crippen LogP contribution in [0.5, 0.6) is 0 Å². The third-order valence-corrected chi connectivity index (χ3v) is 3.11. The second-order valence-corrected chi connectivity index (χ2v) is 5.41. The SMILES string of the molecule is C=C(F)C(=O)OC(OCCC(F)(F)S(=O)(=O)[O-])(C(=O)O)C(F)(F)F. The fourth-order valence-corrected chi connectivity index (χ4v) is 1.35. The van der Waals surface area contributed by atoms with Gasteiger partial charge in [0.05, 0.1) is 6.61 Å². The molecule has 24 heavy (non-hydrogen) atoms. The van der Waals surface area contributed by atoms with Gasteiger partial charge in [-0.15, -0.1) is 0 Å². The van der Waals surface area contributed by atoms with Crippen molar-refractivity contribution >= 4 is 22.1 Å². The molecule has 1 unspecified atom stereocenters. The lowest BCUT2D eigenvalue weighted by Crippen LogP contribution is -2.57. The van der Waals surface area contributed by atoms with E-state index in [1.54, 1.807) is 0 Å². The Hall–Kier alpha value is -1.87. The second kappa shape index (κ2) is 6.94. The van der Waals surface area contributed by atoms with Gasteiger partial charge in [0.15, 0.2) is 10.1 Å². The lowest BCUT2D eigenvalue weighted by Gasteiger charge is -2.31. The average molecular weight is 389 g/mol. The van der Waals surface area contributed by atoms with Crippen molar-refractivity contribution in [1.82, 2.24) is 0 Å². The van der Waals surface area contributed by atoms with Crippen LogP contribution in [-0.2, 0) is 29.2 Å². The molecule has 0 heterocycles. The molecule has 8 nitrogen and oxygen atoms in total. The first-order valence-corrected chi connectivity index (χ1v) is 6.74. The van der Waals surface area contributed by atoms with Crippen LogP contribution in [0, 0.1) is 0 Å². The molecule has 0 radical (unpaired) electrons. The van der Waals surface area contributed by atoms with E-state index in [1.807, 2.05) is 0 Å². The van der Waals surface area contributed by atoms with Gasteiger partial charge in [-0.2, -0.15) is 26.3 Å². The molecule has 0 aromatic heterocycles. The van der Waals surface area contributed by atoms with Crippen LogP contribution in [0.25, 0.3) is 0 Å². The minimum absolute atomic E-state index is 2.01. The summed E-state index contributed by atoms with van der Waals surface area (Å²) in [6, 6.07) is 0. The van der Waals surface area contributed by atoms with Gasteiger partial charge in [-0.3, -0.25) is 0 Å². The van der Waals surface area contributed by atoms with E-state index in [2.05, 4.69) is 16.1 Å². The molecule has 0 aliphatic heterocycles. The maximum Gasteiger partial charge on any atom is 0.468 e. The first-order chi connectivity index (χ1) is 10.5. The predicted molar refractivity (Wildman–Crippen MR) is 58.0 cm³/mol. The predicted octanol–water partition coefficient (Wildman–Crippen LogP) is 0.901. The Bertz CT molecular complexity index is 626. The highest BCUT2D eigenvalue weighted by Crippen LogP contribution is 2.37. The van der Waals surface area contributed by atoms with Crippen molar-refractivity contribution in [2.24, 2.45) is 0 Å². The number of rotatable bonds is 8. The van der Waals surface area contributed by atoms with Crippen LogP contribution in [0.2, 0.25) is 0 Å². The van der Waals surface area contributed by atoms with E-state index in [4.69, 9.17) is 5.11 Å². The van der Waals surface area contributed by atoms with E-state index in [0.717, 1.165) is 0 Å². The van der Waals surface area contributed by atoms with E-state index in [-0.39, 0.29) is 0 Å². The highest BCUT2D eigenvalue weighted by atomic mass is 32.2. The largest absolute Gasteiger partial charge is 0.743 e. The summed E-state index contributed by atoms with van der Waals surface area (Å²) in [6.45, 7) is 0.227. The molecule has 0 spiro atoms. The number of carboxylic acids is 1. The standard InChI is InChI=1S/C9H8F6O8S/c1-4(10)5(16)23-8(6(17)18,9(13,14)15)22-3-2-7(11,12)24(19,20)21/h1-3H2,(H,17,18)(H,19,20,21)/p-1. The maximum absolute atomic E-state index is 12.8. The number of esters is 1. The van der Waals surface area contributed by atoms with E-state index in [1.165, 1.54) is 0 Å². The Kier molecular flexibility index (Phi) is 6.40. The molecular weight excluding hydrogens is 382 g/mol. The van der Waals surface area contributed by atoms with Crippen molar-refractivity contribution in [1.29, 1.82) is 0 Å². The summed E-state index contributed by atoms with van der Waals surface area (Å²) in [5.41, 5.74) is 0. The third-order valence-electron chi connectivity index (χ3n) is 2.18. The highest BCUT2D eigenvalue weighted by Gasteiger charge is 2.67. The lowest BCUT2D eigenvalue weighted by atomic mass is 10.2. The summed E-state index contributed by atoms with van der Waals surface area (Å²) in [5.74, 6) is -12.7. The minimum Gasteiger partial charge on any atom is -0.743 e.